The summed E-state index contributed by atoms with van der Waals surface area (Å²) in [6.45, 7) is 8.50. The number of piperazine rings is 1. The molecule has 2 aliphatic heterocycles. The van der Waals surface area contributed by atoms with Gasteiger partial charge in [-0.25, -0.2) is 0 Å². The Bertz CT molecular complexity index is 763. The molecule has 2 aromatic rings. The van der Waals surface area contributed by atoms with Crippen molar-refractivity contribution in [3.8, 4) is 17.2 Å². The summed E-state index contributed by atoms with van der Waals surface area (Å²) in [5.74, 6) is 1.21. The maximum absolute atomic E-state index is 5.93. The molecule has 0 aliphatic carbocycles. The van der Waals surface area contributed by atoms with Gasteiger partial charge in [-0.3, -0.25) is 9.88 Å². The third-order valence-electron chi connectivity index (χ3n) is 5.71. The lowest BCUT2D eigenvalue weighted by molar-refractivity contribution is 0.0976. The minimum absolute atomic E-state index is 0.483. The third-order valence-corrected chi connectivity index (χ3v) is 5.71. The fourth-order valence-electron chi connectivity index (χ4n) is 3.91. The van der Waals surface area contributed by atoms with Crippen molar-refractivity contribution in [3.05, 3.63) is 18.0 Å². The monoisotopic (exact) mass is 372 g/mol. The Hall–Kier alpha value is -2.19. The summed E-state index contributed by atoms with van der Waals surface area (Å²) < 4.78 is 11.3. The number of anilines is 1. The van der Waals surface area contributed by atoms with E-state index in [0.29, 0.717) is 17.9 Å². The Labute approximate surface area is 160 Å². The van der Waals surface area contributed by atoms with Crippen molar-refractivity contribution in [2.24, 2.45) is 0 Å². The van der Waals surface area contributed by atoms with Gasteiger partial charge in [0.05, 0.1) is 18.4 Å². The molecule has 27 heavy (non-hydrogen) atoms. The fourth-order valence-corrected chi connectivity index (χ4v) is 3.91. The van der Waals surface area contributed by atoms with Crippen LogP contribution in [-0.2, 0) is 0 Å². The zero-order valence-corrected chi connectivity index (χ0v) is 16.4. The van der Waals surface area contributed by atoms with E-state index in [-0.39, 0.29) is 0 Å². The van der Waals surface area contributed by atoms with Crippen molar-refractivity contribution < 1.29 is 9.15 Å². The lowest BCUT2D eigenvalue weighted by Crippen LogP contribution is -2.52. The van der Waals surface area contributed by atoms with Gasteiger partial charge in [0.1, 0.15) is 5.75 Å². The molecule has 146 valence electrons. The highest BCUT2D eigenvalue weighted by Gasteiger charge is 2.28. The largest absolute Gasteiger partial charge is 0.495 e. The predicted molar refractivity (Wildman–Crippen MR) is 103 cm³/mol. The van der Waals surface area contributed by atoms with E-state index in [1.54, 1.807) is 13.3 Å². The van der Waals surface area contributed by atoms with Crippen LogP contribution in [0, 0.1) is 6.92 Å². The van der Waals surface area contributed by atoms with Crippen LogP contribution in [0.15, 0.2) is 16.7 Å². The lowest BCUT2D eigenvalue weighted by Gasteiger charge is -2.41. The first-order valence-electron chi connectivity index (χ1n) is 9.66. The lowest BCUT2D eigenvalue weighted by atomic mass is 10.0. The molecule has 2 aromatic heterocycles. The van der Waals surface area contributed by atoms with E-state index >= 15 is 0 Å². The average molecular weight is 372 g/mol. The van der Waals surface area contributed by atoms with E-state index < -0.39 is 0 Å². The molecule has 0 unspecified atom stereocenters. The van der Waals surface area contributed by atoms with Gasteiger partial charge in [-0.05, 0) is 32.9 Å². The van der Waals surface area contributed by atoms with E-state index in [1.165, 1.54) is 26.2 Å². The van der Waals surface area contributed by atoms with Crippen molar-refractivity contribution in [1.82, 2.24) is 25.0 Å². The smallest absolute Gasteiger partial charge is 0.318 e. The summed E-state index contributed by atoms with van der Waals surface area (Å²) in [5, 5.41) is 8.48. The Balaban J connectivity index is 1.38. The van der Waals surface area contributed by atoms with E-state index in [4.69, 9.17) is 9.15 Å². The highest BCUT2D eigenvalue weighted by atomic mass is 16.5. The van der Waals surface area contributed by atoms with Crippen molar-refractivity contribution in [2.45, 2.75) is 25.8 Å². The van der Waals surface area contributed by atoms with Crippen LogP contribution >= 0.6 is 0 Å². The molecular weight excluding hydrogens is 344 g/mol. The molecule has 0 saturated carbocycles. The van der Waals surface area contributed by atoms with E-state index in [1.807, 2.05) is 13.0 Å². The Kier molecular flexibility index (Phi) is 5.27. The fraction of sp³-hybridized carbons (Fsp3) is 0.632. The maximum Gasteiger partial charge on any atom is 0.318 e. The number of ether oxygens (including phenoxy) is 1. The van der Waals surface area contributed by atoms with Gasteiger partial charge in [0, 0.05) is 51.5 Å². The zero-order chi connectivity index (χ0) is 18.8. The van der Waals surface area contributed by atoms with Crippen molar-refractivity contribution in [1.29, 1.82) is 0 Å². The first-order chi connectivity index (χ1) is 13.1. The van der Waals surface area contributed by atoms with Gasteiger partial charge < -0.3 is 19.0 Å². The summed E-state index contributed by atoms with van der Waals surface area (Å²) in [5.41, 5.74) is 1.62. The second-order valence-electron chi connectivity index (χ2n) is 7.46. The highest BCUT2D eigenvalue weighted by Crippen LogP contribution is 2.28. The first-order valence-corrected chi connectivity index (χ1v) is 9.66. The number of pyridine rings is 1. The van der Waals surface area contributed by atoms with Gasteiger partial charge in [0.15, 0.2) is 0 Å². The quantitative estimate of drug-likeness (QED) is 0.803. The van der Waals surface area contributed by atoms with E-state index in [2.05, 4.69) is 36.9 Å². The number of likely N-dealkylation sites (N-methyl/N-ethyl adjacent to an activating group) is 1. The minimum Gasteiger partial charge on any atom is -0.495 e. The standard InChI is InChI=1S/C19H28N6O2/c1-14-17(26-3)12-15(13-20-14)18-21-22-19(27-18)25-6-4-16(5-7-25)24-10-8-23(2)9-11-24/h12-13,16H,4-11H2,1-3H3. The number of methoxy groups -OCH3 is 1. The van der Waals surface area contributed by atoms with Gasteiger partial charge >= 0.3 is 6.01 Å². The van der Waals surface area contributed by atoms with Gasteiger partial charge in [0.2, 0.25) is 0 Å². The maximum atomic E-state index is 5.93. The second-order valence-corrected chi connectivity index (χ2v) is 7.46. The molecule has 8 nitrogen and oxygen atoms in total. The van der Waals surface area contributed by atoms with Crippen LogP contribution in [-0.4, -0.2) is 84.4 Å². The Morgan fingerprint density at radius 2 is 1.81 bits per heavy atom. The van der Waals surface area contributed by atoms with Gasteiger partial charge in [-0.1, -0.05) is 5.10 Å². The number of nitrogens with zero attached hydrogens (tertiary/aromatic N) is 6. The predicted octanol–water partition coefficient (Wildman–Crippen LogP) is 1.66. The summed E-state index contributed by atoms with van der Waals surface area (Å²) in [7, 11) is 3.84. The van der Waals surface area contributed by atoms with Crippen LogP contribution in [0.2, 0.25) is 0 Å². The van der Waals surface area contributed by atoms with Gasteiger partial charge in [0.25, 0.3) is 5.89 Å². The molecule has 4 heterocycles. The van der Waals surface area contributed by atoms with Crippen LogP contribution in [0.1, 0.15) is 18.5 Å². The molecule has 2 fully saturated rings. The molecule has 0 aromatic carbocycles. The van der Waals surface area contributed by atoms with Crippen molar-refractivity contribution >= 4 is 6.01 Å². The molecule has 0 N–H and O–H groups in total. The molecule has 8 heteroatoms. The molecule has 0 bridgehead atoms. The molecule has 2 saturated heterocycles. The summed E-state index contributed by atoms with van der Waals surface area (Å²) >= 11 is 0. The summed E-state index contributed by atoms with van der Waals surface area (Å²) in [6, 6.07) is 3.16. The molecule has 0 amide bonds. The Morgan fingerprint density at radius 3 is 2.52 bits per heavy atom. The minimum atomic E-state index is 0.483. The van der Waals surface area contributed by atoms with Gasteiger partial charge in [-0.15, -0.1) is 5.10 Å². The average Bonchev–Trinajstić information content (AvgIpc) is 3.19. The number of piperidine rings is 1. The number of aromatic nitrogens is 3. The zero-order valence-electron chi connectivity index (χ0n) is 16.4. The number of hydrogen-bond donors (Lipinski definition) is 0. The van der Waals surface area contributed by atoms with E-state index in [0.717, 1.165) is 42.9 Å². The number of hydrogen-bond acceptors (Lipinski definition) is 8. The van der Waals surface area contributed by atoms with Crippen molar-refractivity contribution in [3.63, 3.8) is 0 Å². The summed E-state index contributed by atoms with van der Waals surface area (Å²) in [4.78, 5) is 11.6. The topological polar surface area (TPSA) is 70.8 Å². The SMILES string of the molecule is COc1cc(-c2nnc(N3CCC(N4CCN(C)CC4)CC3)o2)cnc1C. The van der Waals surface area contributed by atoms with Crippen LogP contribution in [0.4, 0.5) is 6.01 Å². The molecule has 0 radical (unpaired) electrons. The van der Waals surface area contributed by atoms with Crippen LogP contribution < -0.4 is 9.64 Å². The summed E-state index contributed by atoms with van der Waals surface area (Å²) in [6.07, 6.45) is 4.03. The molecule has 2 aliphatic rings. The molecule has 0 spiro atoms. The highest BCUT2D eigenvalue weighted by molar-refractivity contribution is 5.55. The van der Waals surface area contributed by atoms with Crippen LogP contribution in [0.3, 0.4) is 0 Å². The van der Waals surface area contributed by atoms with Crippen LogP contribution in [0.25, 0.3) is 11.5 Å². The second kappa shape index (κ2) is 7.82. The number of rotatable bonds is 4. The van der Waals surface area contributed by atoms with Crippen molar-refractivity contribution in [2.75, 3.05) is 58.3 Å². The molecule has 4 rings (SSSR count). The van der Waals surface area contributed by atoms with Gasteiger partial charge in [-0.2, -0.15) is 0 Å². The number of aryl methyl sites for hydroxylation is 1. The Morgan fingerprint density at radius 1 is 1.07 bits per heavy atom. The third kappa shape index (κ3) is 3.91. The normalized spacial score (nSPS) is 20.2. The molecule has 0 atom stereocenters. The van der Waals surface area contributed by atoms with E-state index in [9.17, 15) is 0 Å². The molecular formula is C19H28N6O2. The first kappa shape index (κ1) is 18.2. The van der Waals surface area contributed by atoms with Crippen LogP contribution in [0.5, 0.6) is 5.75 Å².